The van der Waals surface area contributed by atoms with Crippen molar-refractivity contribution >= 4 is 17.7 Å². The number of nitrogens with zero attached hydrogens (tertiary/aromatic N) is 2. The average Bonchev–Trinajstić information content (AvgIpc) is 2.81. The molecule has 0 aliphatic heterocycles. The van der Waals surface area contributed by atoms with Crippen LogP contribution < -0.4 is 0 Å². The van der Waals surface area contributed by atoms with Crippen LogP contribution >= 0.6 is 11.6 Å². The molecule has 21 heavy (non-hydrogen) atoms. The molecule has 0 aliphatic carbocycles. The van der Waals surface area contributed by atoms with E-state index in [4.69, 9.17) is 16.3 Å². The minimum absolute atomic E-state index is 0.474. The second-order valence-corrected chi connectivity index (χ2v) is 6.15. The Morgan fingerprint density at radius 3 is 2.57 bits per heavy atom. The van der Waals surface area contributed by atoms with Gasteiger partial charge < -0.3 is 4.74 Å². The fraction of sp³-hybridized carbons (Fsp3) is 0.375. The van der Waals surface area contributed by atoms with Gasteiger partial charge >= 0.3 is 6.09 Å². The van der Waals surface area contributed by atoms with E-state index in [1.807, 2.05) is 52.0 Å². The first-order valence-corrected chi connectivity index (χ1v) is 7.27. The van der Waals surface area contributed by atoms with Crippen molar-refractivity contribution in [2.45, 2.75) is 39.7 Å². The number of ether oxygens (including phenoxy) is 1. The summed E-state index contributed by atoms with van der Waals surface area (Å²) in [5.41, 5.74) is 1.71. The van der Waals surface area contributed by atoms with Crippen molar-refractivity contribution < 1.29 is 9.53 Å². The van der Waals surface area contributed by atoms with E-state index in [9.17, 15) is 4.79 Å². The van der Waals surface area contributed by atoms with E-state index >= 15 is 0 Å². The molecule has 0 saturated heterocycles. The number of hydrogen-bond acceptors (Lipinski definition) is 3. The standard InChI is InChI=1S/C16H19ClN2O2/c1-5-11-10-14(12-8-6-7-9-13(12)17)18-19(11)15(20)21-16(2,3)4/h6-10H,5H2,1-4H3. The van der Waals surface area contributed by atoms with Gasteiger partial charge in [0.05, 0.1) is 16.4 Å². The van der Waals surface area contributed by atoms with Crippen molar-refractivity contribution in [1.29, 1.82) is 0 Å². The van der Waals surface area contributed by atoms with Crippen LogP contribution in [-0.2, 0) is 11.2 Å². The fourth-order valence-corrected chi connectivity index (χ4v) is 2.17. The number of hydrogen-bond donors (Lipinski definition) is 0. The fourth-order valence-electron chi connectivity index (χ4n) is 1.94. The first kappa shape index (κ1) is 15.6. The molecular weight excluding hydrogens is 288 g/mol. The van der Waals surface area contributed by atoms with Crippen molar-refractivity contribution in [1.82, 2.24) is 9.78 Å². The van der Waals surface area contributed by atoms with Crippen LogP contribution in [0.15, 0.2) is 30.3 Å². The summed E-state index contributed by atoms with van der Waals surface area (Å²) in [6, 6.07) is 9.29. The third kappa shape index (κ3) is 3.64. The summed E-state index contributed by atoms with van der Waals surface area (Å²) in [6.45, 7) is 7.45. The van der Waals surface area contributed by atoms with E-state index in [2.05, 4.69) is 5.10 Å². The predicted octanol–water partition coefficient (Wildman–Crippen LogP) is 4.55. The Morgan fingerprint density at radius 2 is 2.00 bits per heavy atom. The summed E-state index contributed by atoms with van der Waals surface area (Å²) >= 11 is 6.18. The maximum absolute atomic E-state index is 12.2. The Labute approximate surface area is 129 Å². The van der Waals surface area contributed by atoms with Crippen LogP contribution in [-0.4, -0.2) is 21.5 Å². The first-order chi connectivity index (χ1) is 9.81. The predicted molar refractivity (Wildman–Crippen MR) is 83.7 cm³/mol. The Kier molecular flexibility index (Phi) is 4.37. The lowest BCUT2D eigenvalue weighted by molar-refractivity contribution is 0.0510. The number of aryl methyl sites for hydroxylation is 1. The first-order valence-electron chi connectivity index (χ1n) is 6.89. The van der Waals surface area contributed by atoms with Crippen molar-refractivity contribution in [3.63, 3.8) is 0 Å². The molecule has 0 radical (unpaired) electrons. The second kappa shape index (κ2) is 5.90. The van der Waals surface area contributed by atoms with Crippen LogP contribution in [0.4, 0.5) is 4.79 Å². The molecule has 0 atom stereocenters. The lowest BCUT2D eigenvalue weighted by Crippen LogP contribution is -2.28. The third-order valence-corrected chi connectivity index (χ3v) is 3.19. The molecule has 0 unspecified atom stereocenters. The van der Waals surface area contributed by atoms with Crippen molar-refractivity contribution in [2.24, 2.45) is 0 Å². The molecule has 0 spiro atoms. The molecule has 0 aliphatic rings. The van der Waals surface area contributed by atoms with Gasteiger partial charge in [-0.05, 0) is 39.3 Å². The lowest BCUT2D eigenvalue weighted by Gasteiger charge is -2.19. The number of halogens is 1. The van der Waals surface area contributed by atoms with Gasteiger partial charge in [0, 0.05) is 5.56 Å². The zero-order valence-electron chi connectivity index (χ0n) is 12.7. The zero-order valence-corrected chi connectivity index (χ0v) is 13.4. The molecule has 1 heterocycles. The van der Waals surface area contributed by atoms with Gasteiger partial charge in [-0.1, -0.05) is 36.7 Å². The minimum Gasteiger partial charge on any atom is -0.442 e. The number of carbonyl (C=O) groups excluding carboxylic acids is 1. The molecule has 0 N–H and O–H groups in total. The number of benzene rings is 1. The third-order valence-electron chi connectivity index (χ3n) is 2.86. The molecule has 0 bridgehead atoms. The molecule has 1 aromatic heterocycles. The zero-order chi connectivity index (χ0) is 15.6. The second-order valence-electron chi connectivity index (χ2n) is 5.75. The van der Waals surface area contributed by atoms with E-state index in [1.54, 1.807) is 6.07 Å². The Bertz CT molecular complexity index is 657. The van der Waals surface area contributed by atoms with Crippen LogP contribution in [0, 0.1) is 0 Å². The maximum Gasteiger partial charge on any atom is 0.435 e. The van der Waals surface area contributed by atoms with Gasteiger partial charge in [0.15, 0.2) is 0 Å². The number of aromatic nitrogens is 2. The van der Waals surface area contributed by atoms with E-state index in [0.29, 0.717) is 17.1 Å². The van der Waals surface area contributed by atoms with E-state index in [1.165, 1.54) is 4.68 Å². The van der Waals surface area contributed by atoms with Crippen LogP contribution in [0.1, 0.15) is 33.4 Å². The van der Waals surface area contributed by atoms with E-state index in [-0.39, 0.29) is 0 Å². The highest BCUT2D eigenvalue weighted by Gasteiger charge is 2.21. The molecule has 5 heteroatoms. The highest BCUT2D eigenvalue weighted by Crippen LogP contribution is 2.27. The molecule has 2 aromatic rings. The van der Waals surface area contributed by atoms with Crippen molar-refractivity contribution in [3.8, 4) is 11.3 Å². The highest BCUT2D eigenvalue weighted by molar-refractivity contribution is 6.33. The van der Waals surface area contributed by atoms with Gasteiger partial charge in [-0.15, -0.1) is 0 Å². The van der Waals surface area contributed by atoms with Gasteiger partial charge in [0.25, 0.3) is 0 Å². The number of carbonyl (C=O) groups is 1. The molecule has 0 amide bonds. The average molecular weight is 307 g/mol. The van der Waals surface area contributed by atoms with Crippen molar-refractivity contribution in [2.75, 3.05) is 0 Å². The normalized spacial score (nSPS) is 11.5. The summed E-state index contributed by atoms with van der Waals surface area (Å²) in [7, 11) is 0. The lowest BCUT2D eigenvalue weighted by atomic mass is 10.1. The summed E-state index contributed by atoms with van der Waals surface area (Å²) in [4.78, 5) is 12.2. The van der Waals surface area contributed by atoms with Crippen molar-refractivity contribution in [3.05, 3.63) is 41.0 Å². The molecule has 112 valence electrons. The highest BCUT2D eigenvalue weighted by atomic mass is 35.5. The Hall–Kier alpha value is -1.81. The monoisotopic (exact) mass is 306 g/mol. The molecule has 0 saturated carbocycles. The van der Waals surface area contributed by atoms with Crippen LogP contribution in [0.2, 0.25) is 5.02 Å². The van der Waals surface area contributed by atoms with Gasteiger partial charge in [0.1, 0.15) is 5.60 Å². The molecule has 1 aromatic carbocycles. The summed E-state index contributed by atoms with van der Waals surface area (Å²) in [5, 5.41) is 4.96. The molecule has 2 rings (SSSR count). The minimum atomic E-state index is -0.557. The van der Waals surface area contributed by atoms with Crippen LogP contribution in [0.3, 0.4) is 0 Å². The molecule has 4 nitrogen and oxygen atoms in total. The largest absolute Gasteiger partial charge is 0.442 e. The van der Waals surface area contributed by atoms with Crippen LogP contribution in [0.5, 0.6) is 0 Å². The summed E-state index contributed by atoms with van der Waals surface area (Å²) in [5.74, 6) is 0. The summed E-state index contributed by atoms with van der Waals surface area (Å²) < 4.78 is 6.68. The number of rotatable bonds is 2. The van der Waals surface area contributed by atoms with Crippen LogP contribution in [0.25, 0.3) is 11.3 Å². The Balaban J connectivity index is 2.41. The Morgan fingerprint density at radius 1 is 1.33 bits per heavy atom. The van der Waals surface area contributed by atoms with E-state index in [0.717, 1.165) is 11.3 Å². The van der Waals surface area contributed by atoms with Gasteiger partial charge in [0.2, 0.25) is 0 Å². The topological polar surface area (TPSA) is 44.1 Å². The van der Waals surface area contributed by atoms with Gasteiger partial charge in [-0.3, -0.25) is 0 Å². The quantitative estimate of drug-likeness (QED) is 0.817. The molecular formula is C16H19ClN2O2. The van der Waals surface area contributed by atoms with Gasteiger partial charge in [-0.25, -0.2) is 4.79 Å². The SMILES string of the molecule is CCc1cc(-c2ccccc2Cl)nn1C(=O)OC(C)(C)C. The smallest absolute Gasteiger partial charge is 0.435 e. The molecule has 0 fully saturated rings. The summed E-state index contributed by atoms with van der Waals surface area (Å²) in [6.07, 6.45) is 0.203. The van der Waals surface area contributed by atoms with E-state index < -0.39 is 11.7 Å². The maximum atomic E-state index is 12.2. The van der Waals surface area contributed by atoms with Gasteiger partial charge in [-0.2, -0.15) is 9.78 Å².